The fourth-order valence-electron chi connectivity index (χ4n) is 1.63. The predicted molar refractivity (Wildman–Crippen MR) is 66.5 cm³/mol. The average Bonchev–Trinajstić information content (AvgIpc) is 2.91. The van der Waals surface area contributed by atoms with E-state index in [0.717, 1.165) is 5.56 Å². The van der Waals surface area contributed by atoms with Crippen LogP contribution in [0.3, 0.4) is 0 Å². The van der Waals surface area contributed by atoms with Crippen LogP contribution < -0.4 is 11.5 Å². The van der Waals surface area contributed by atoms with Crippen molar-refractivity contribution in [2.24, 2.45) is 5.73 Å². The minimum absolute atomic E-state index is 0.255. The standard InChI is InChI=1S/C11H7N3O3S/c12-9(15)10-13-7(4-18-10)5-1-2-8-6(3-5)14-11(16)17-8/h1-4H,(H2,12,15)(H,14,16). The maximum absolute atomic E-state index is 11.0. The van der Waals surface area contributed by atoms with Gasteiger partial charge in [0.1, 0.15) is 0 Å². The van der Waals surface area contributed by atoms with Crippen LogP contribution in [0.25, 0.3) is 22.4 Å². The van der Waals surface area contributed by atoms with Crippen molar-refractivity contribution in [1.29, 1.82) is 0 Å². The molecule has 0 radical (unpaired) electrons. The molecule has 0 fully saturated rings. The lowest BCUT2D eigenvalue weighted by molar-refractivity contribution is 0.1000. The molecule has 3 rings (SSSR count). The number of primary amides is 1. The number of amides is 1. The molecule has 3 aromatic rings. The zero-order chi connectivity index (χ0) is 12.7. The lowest BCUT2D eigenvalue weighted by Crippen LogP contribution is -2.10. The topological polar surface area (TPSA) is 102 Å². The minimum atomic E-state index is -0.552. The van der Waals surface area contributed by atoms with Crippen molar-refractivity contribution in [3.05, 3.63) is 39.1 Å². The zero-order valence-electron chi connectivity index (χ0n) is 8.97. The van der Waals surface area contributed by atoms with E-state index in [4.69, 9.17) is 10.2 Å². The van der Waals surface area contributed by atoms with E-state index in [1.54, 1.807) is 23.6 Å². The number of rotatable bonds is 2. The van der Waals surface area contributed by atoms with Gasteiger partial charge >= 0.3 is 5.76 Å². The maximum Gasteiger partial charge on any atom is 0.417 e. The summed E-state index contributed by atoms with van der Waals surface area (Å²) in [5.41, 5.74) is 7.63. The molecule has 2 heterocycles. The predicted octanol–water partition coefficient (Wildman–Crippen LogP) is 1.34. The molecule has 0 unspecified atom stereocenters. The first kappa shape index (κ1) is 10.7. The van der Waals surface area contributed by atoms with E-state index in [9.17, 15) is 9.59 Å². The Kier molecular flexibility index (Phi) is 2.27. The Labute approximate surface area is 104 Å². The fraction of sp³-hybridized carbons (Fsp3) is 0. The summed E-state index contributed by atoms with van der Waals surface area (Å²) in [5.74, 6) is -1.05. The molecule has 0 saturated heterocycles. The Morgan fingerprint density at radius 2 is 2.28 bits per heavy atom. The van der Waals surface area contributed by atoms with Crippen LogP contribution in [-0.2, 0) is 0 Å². The van der Waals surface area contributed by atoms with E-state index in [0.29, 0.717) is 16.8 Å². The highest BCUT2D eigenvalue weighted by molar-refractivity contribution is 7.12. The number of carbonyl (C=O) groups is 1. The SMILES string of the molecule is NC(=O)c1nc(-c2ccc3oc(=O)[nH]c3c2)cs1. The highest BCUT2D eigenvalue weighted by atomic mass is 32.1. The van der Waals surface area contributed by atoms with Crippen LogP contribution in [0.5, 0.6) is 0 Å². The number of H-pyrrole nitrogens is 1. The fourth-order valence-corrected chi connectivity index (χ4v) is 2.31. The van der Waals surface area contributed by atoms with Crippen molar-refractivity contribution in [2.75, 3.05) is 0 Å². The van der Waals surface area contributed by atoms with Gasteiger partial charge in [-0.2, -0.15) is 0 Å². The molecule has 0 aliphatic rings. The Morgan fingerprint density at radius 1 is 1.44 bits per heavy atom. The summed E-state index contributed by atoms with van der Waals surface area (Å²) in [6.45, 7) is 0. The number of nitrogens with zero attached hydrogens (tertiary/aromatic N) is 1. The molecular formula is C11H7N3O3S. The van der Waals surface area contributed by atoms with Gasteiger partial charge in [0.2, 0.25) is 0 Å². The third-order valence-corrected chi connectivity index (χ3v) is 3.29. The van der Waals surface area contributed by atoms with Crippen molar-refractivity contribution in [3.63, 3.8) is 0 Å². The van der Waals surface area contributed by atoms with E-state index in [-0.39, 0.29) is 5.01 Å². The number of hydrogen-bond donors (Lipinski definition) is 2. The summed E-state index contributed by atoms with van der Waals surface area (Å²) >= 11 is 1.18. The van der Waals surface area contributed by atoms with E-state index in [1.807, 2.05) is 0 Å². The summed E-state index contributed by atoms with van der Waals surface area (Å²) < 4.78 is 4.90. The Bertz CT molecular complexity index is 799. The second-order valence-electron chi connectivity index (χ2n) is 3.63. The van der Waals surface area contributed by atoms with Gasteiger partial charge in [0.25, 0.3) is 5.91 Å². The molecule has 0 aliphatic heterocycles. The molecule has 0 atom stereocenters. The molecule has 90 valence electrons. The van der Waals surface area contributed by atoms with Crippen LogP contribution in [0, 0.1) is 0 Å². The molecule has 18 heavy (non-hydrogen) atoms. The van der Waals surface area contributed by atoms with E-state index >= 15 is 0 Å². The van der Waals surface area contributed by atoms with Crippen molar-refractivity contribution in [3.8, 4) is 11.3 Å². The van der Waals surface area contributed by atoms with Crippen molar-refractivity contribution < 1.29 is 9.21 Å². The van der Waals surface area contributed by atoms with Gasteiger partial charge in [-0.1, -0.05) is 0 Å². The summed E-state index contributed by atoms with van der Waals surface area (Å²) in [7, 11) is 0. The molecule has 1 aromatic carbocycles. The van der Waals surface area contributed by atoms with Crippen LogP contribution in [0.1, 0.15) is 9.80 Å². The molecule has 3 N–H and O–H groups in total. The summed E-state index contributed by atoms with van der Waals surface area (Å²) in [5, 5.41) is 1.99. The second-order valence-corrected chi connectivity index (χ2v) is 4.49. The lowest BCUT2D eigenvalue weighted by Gasteiger charge is -1.95. The molecule has 2 aromatic heterocycles. The summed E-state index contributed by atoms with van der Waals surface area (Å²) in [4.78, 5) is 28.7. The molecule has 6 nitrogen and oxygen atoms in total. The number of aromatic nitrogens is 2. The molecule has 0 spiro atoms. The Balaban J connectivity index is 2.12. The molecule has 0 bridgehead atoms. The van der Waals surface area contributed by atoms with Gasteiger partial charge in [0, 0.05) is 10.9 Å². The highest BCUT2D eigenvalue weighted by Crippen LogP contribution is 2.24. The zero-order valence-corrected chi connectivity index (χ0v) is 9.78. The van der Waals surface area contributed by atoms with Crippen LogP contribution in [0.15, 0.2) is 32.8 Å². The normalized spacial score (nSPS) is 10.9. The number of nitrogens with two attached hydrogens (primary N) is 1. The number of aromatic amines is 1. The van der Waals surface area contributed by atoms with Crippen molar-refractivity contribution >= 4 is 28.3 Å². The molecule has 7 heteroatoms. The molecular weight excluding hydrogens is 254 g/mol. The van der Waals surface area contributed by atoms with E-state index in [2.05, 4.69) is 9.97 Å². The number of fused-ring (bicyclic) bond motifs is 1. The van der Waals surface area contributed by atoms with Crippen LogP contribution in [0.2, 0.25) is 0 Å². The maximum atomic E-state index is 11.0. The van der Waals surface area contributed by atoms with Crippen molar-refractivity contribution in [1.82, 2.24) is 9.97 Å². The van der Waals surface area contributed by atoms with Crippen LogP contribution in [0.4, 0.5) is 0 Å². The van der Waals surface area contributed by atoms with Gasteiger partial charge in [0.05, 0.1) is 11.2 Å². The lowest BCUT2D eigenvalue weighted by atomic mass is 10.1. The molecule has 1 amide bonds. The Morgan fingerprint density at radius 3 is 3.00 bits per heavy atom. The highest BCUT2D eigenvalue weighted by Gasteiger charge is 2.10. The van der Waals surface area contributed by atoms with Crippen molar-refractivity contribution in [2.45, 2.75) is 0 Å². The minimum Gasteiger partial charge on any atom is -0.408 e. The second kappa shape index (κ2) is 3.81. The largest absolute Gasteiger partial charge is 0.417 e. The van der Waals surface area contributed by atoms with Gasteiger partial charge in [-0.05, 0) is 18.2 Å². The number of oxazole rings is 1. The van der Waals surface area contributed by atoms with Gasteiger partial charge in [-0.3, -0.25) is 9.78 Å². The summed E-state index contributed by atoms with van der Waals surface area (Å²) in [6, 6.07) is 5.17. The van der Waals surface area contributed by atoms with Crippen LogP contribution in [-0.4, -0.2) is 15.9 Å². The first-order valence-corrected chi connectivity index (χ1v) is 5.90. The smallest absolute Gasteiger partial charge is 0.408 e. The van der Waals surface area contributed by atoms with Crippen LogP contribution >= 0.6 is 11.3 Å². The monoisotopic (exact) mass is 261 g/mol. The third kappa shape index (κ3) is 1.70. The number of hydrogen-bond acceptors (Lipinski definition) is 5. The van der Waals surface area contributed by atoms with Gasteiger partial charge < -0.3 is 10.2 Å². The molecule has 0 saturated carbocycles. The van der Waals surface area contributed by atoms with Gasteiger partial charge in [-0.25, -0.2) is 9.78 Å². The third-order valence-electron chi connectivity index (χ3n) is 2.43. The quantitative estimate of drug-likeness (QED) is 0.726. The molecule has 0 aliphatic carbocycles. The Hall–Kier alpha value is -2.41. The van der Waals surface area contributed by atoms with E-state index < -0.39 is 11.7 Å². The average molecular weight is 261 g/mol. The first-order valence-electron chi connectivity index (χ1n) is 5.02. The number of nitrogens with one attached hydrogen (secondary N) is 1. The van der Waals surface area contributed by atoms with Gasteiger partial charge in [-0.15, -0.1) is 11.3 Å². The number of carbonyl (C=O) groups excluding carboxylic acids is 1. The number of benzene rings is 1. The number of thiazole rings is 1. The van der Waals surface area contributed by atoms with E-state index in [1.165, 1.54) is 11.3 Å². The van der Waals surface area contributed by atoms with Gasteiger partial charge in [0.15, 0.2) is 10.6 Å². The summed E-state index contributed by atoms with van der Waals surface area (Å²) in [6.07, 6.45) is 0. The first-order chi connectivity index (χ1) is 8.63.